The fourth-order valence-electron chi connectivity index (χ4n) is 2.01. The lowest BCUT2D eigenvalue weighted by Crippen LogP contribution is -2.01. The van der Waals surface area contributed by atoms with Crippen molar-refractivity contribution in [2.75, 3.05) is 0 Å². The third kappa shape index (κ3) is 2.48. The second-order valence-corrected chi connectivity index (χ2v) is 6.52. The standard InChI is InChI=1S/C14H12N2O2S2/c1-8-3-4-11-10(6-19-14-16-15-7-20-14)5-12(17)18-13(11)9(8)2/h3-5,7H,6H2,1-2H3. The van der Waals surface area contributed by atoms with Crippen LogP contribution in [0.15, 0.2) is 37.3 Å². The quantitative estimate of drug-likeness (QED) is 0.547. The van der Waals surface area contributed by atoms with E-state index in [9.17, 15) is 4.79 Å². The Bertz CT molecular complexity index is 810. The Hall–Kier alpha value is -1.66. The van der Waals surface area contributed by atoms with Crippen LogP contribution in [0.3, 0.4) is 0 Å². The average molecular weight is 304 g/mol. The molecule has 0 aliphatic rings. The molecule has 0 radical (unpaired) electrons. The van der Waals surface area contributed by atoms with Gasteiger partial charge in [0.2, 0.25) is 0 Å². The van der Waals surface area contributed by atoms with Crippen LogP contribution in [0, 0.1) is 13.8 Å². The summed E-state index contributed by atoms with van der Waals surface area (Å²) in [5, 5.41) is 8.79. The summed E-state index contributed by atoms with van der Waals surface area (Å²) in [5.41, 5.74) is 5.19. The van der Waals surface area contributed by atoms with Crippen LogP contribution in [0.2, 0.25) is 0 Å². The van der Waals surface area contributed by atoms with Gasteiger partial charge in [0, 0.05) is 17.2 Å². The molecular formula is C14H12N2O2S2. The minimum atomic E-state index is -0.306. The molecule has 0 unspecified atom stereocenters. The number of hydrogen-bond acceptors (Lipinski definition) is 6. The van der Waals surface area contributed by atoms with Crippen molar-refractivity contribution in [2.45, 2.75) is 23.9 Å². The van der Waals surface area contributed by atoms with E-state index in [2.05, 4.69) is 16.3 Å². The molecule has 6 heteroatoms. The zero-order valence-corrected chi connectivity index (χ0v) is 12.7. The third-order valence-corrected chi connectivity index (χ3v) is 5.12. The molecule has 0 fully saturated rings. The first-order valence-corrected chi connectivity index (χ1v) is 7.93. The highest BCUT2D eigenvalue weighted by Gasteiger charge is 2.10. The number of fused-ring (bicyclic) bond motifs is 1. The monoisotopic (exact) mass is 304 g/mol. The lowest BCUT2D eigenvalue weighted by molar-refractivity contribution is 0.557. The molecule has 20 heavy (non-hydrogen) atoms. The van der Waals surface area contributed by atoms with E-state index in [1.807, 2.05) is 19.9 Å². The zero-order chi connectivity index (χ0) is 14.1. The predicted octanol–water partition coefficient (Wildman–Crippen LogP) is 3.55. The Morgan fingerprint density at radius 1 is 1.35 bits per heavy atom. The van der Waals surface area contributed by atoms with Gasteiger partial charge in [-0.05, 0) is 30.5 Å². The van der Waals surface area contributed by atoms with Crippen LogP contribution in [-0.4, -0.2) is 10.2 Å². The van der Waals surface area contributed by atoms with Gasteiger partial charge in [-0.2, -0.15) is 0 Å². The summed E-state index contributed by atoms with van der Waals surface area (Å²) >= 11 is 3.07. The highest BCUT2D eigenvalue weighted by atomic mass is 32.2. The van der Waals surface area contributed by atoms with E-state index in [4.69, 9.17) is 4.42 Å². The van der Waals surface area contributed by atoms with E-state index in [1.165, 1.54) is 11.3 Å². The molecule has 3 rings (SSSR count). The molecule has 0 bridgehead atoms. The van der Waals surface area contributed by atoms with E-state index >= 15 is 0 Å². The maximum absolute atomic E-state index is 11.7. The Kier molecular flexibility index (Phi) is 3.58. The zero-order valence-electron chi connectivity index (χ0n) is 11.0. The van der Waals surface area contributed by atoms with Gasteiger partial charge in [0.15, 0.2) is 4.34 Å². The van der Waals surface area contributed by atoms with Crippen LogP contribution in [-0.2, 0) is 5.75 Å². The van der Waals surface area contributed by atoms with Gasteiger partial charge in [0.25, 0.3) is 0 Å². The number of thioether (sulfide) groups is 1. The van der Waals surface area contributed by atoms with Crippen molar-refractivity contribution in [3.63, 3.8) is 0 Å². The maximum atomic E-state index is 11.7. The van der Waals surface area contributed by atoms with Gasteiger partial charge in [-0.3, -0.25) is 0 Å². The van der Waals surface area contributed by atoms with Gasteiger partial charge in [-0.1, -0.05) is 35.2 Å². The topological polar surface area (TPSA) is 56.0 Å². The van der Waals surface area contributed by atoms with E-state index in [0.29, 0.717) is 11.3 Å². The Morgan fingerprint density at radius 3 is 2.95 bits per heavy atom. The van der Waals surface area contributed by atoms with Gasteiger partial charge in [-0.15, -0.1) is 10.2 Å². The summed E-state index contributed by atoms with van der Waals surface area (Å²) in [4.78, 5) is 11.7. The molecule has 1 aromatic carbocycles. The second kappa shape index (κ2) is 5.38. The van der Waals surface area contributed by atoms with E-state index < -0.39 is 0 Å². The summed E-state index contributed by atoms with van der Waals surface area (Å²) in [7, 11) is 0. The third-order valence-electron chi connectivity index (χ3n) is 3.21. The van der Waals surface area contributed by atoms with Crippen LogP contribution < -0.4 is 5.63 Å². The molecule has 0 N–H and O–H groups in total. The molecule has 0 atom stereocenters. The summed E-state index contributed by atoms with van der Waals surface area (Å²) < 4.78 is 6.26. The van der Waals surface area contributed by atoms with E-state index in [0.717, 1.165) is 26.4 Å². The minimum absolute atomic E-state index is 0.306. The van der Waals surface area contributed by atoms with Crippen LogP contribution >= 0.6 is 23.1 Å². The summed E-state index contributed by atoms with van der Waals surface area (Å²) in [6.07, 6.45) is 0. The molecule has 0 aliphatic heterocycles. The summed E-state index contributed by atoms with van der Waals surface area (Å²) in [6, 6.07) is 5.62. The number of hydrogen-bond donors (Lipinski definition) is 0. The number of rotatable bonds is 3. The SMILES string of the molecule is Cc1ccc2c(CSc3nncs3)cc(=O)oc2c1C. The largest absolute Gasteiger partial charge is 0.422 e. The van der Waals surface area contributed by atoms with Gasteiger partial charge in [-0.25, -0.2) is 4.79 Å². The van der Waals surface area contributed by atoms with E-state index in [-0.39, 0.29) is 5.63 Å². The molecule has 102 valence electrons. The number of nitrogens with zero attached hydrogens (tertiary/aromatic N) is 2. The van der Waals surface area contributed by atoms with Crippen molar-refractivity contribution in [1.29, 1.82) is 0 Å². The van der Waals surface area contributed by atoms with Crippen LogP contribution in [0.1, 0.15) is 16.7 Å². The van der Waals surface area contributed by atoms with Crippen molar-refractivity contribution in [1.82, 2.24) is 10.2 Å². The van der Waals surface area contributed by atoms with Gasteiger partial charge in [0.05, 0.1) is 0 Å². The molecule has 0 saturated heterocycles. The van der Waals surface area contributed by atoms with Gasteiger partial charge in [0.1, 0.15) is 11.1 Å². The molecule has 0 saturated carbocycles. The Balaban J connectivity index is 2.06. The predicted molar refractivity (Wildman–Crippen MR) is 81.4 cm³/mol. The normalized spacial score (nSPS) is 11.1. The Labute approximate surface area is 123 Å². The number of aromatic nitrogens is 2. The molecular weight excluding hydrogens is 292 g/mol. The maximum Gasteiger partial charge on any atom is 0.336 e. The van der Waals surface area contributed by atoms with Crippen LogP contribution in [0.4, 0.5) is 0 Å². The highest BCUT2D eigenvalue weighted by Crippen LogP contribution is 2.29. The smallest absolute Gasteiger partial charge is 0.336 e. The molecule has 0 spiro atoms. The number of benzene rings is 1. The first kappa shape index (κ1) is 13.3. The molecule has 2 aromatic heterocycles. The summed E-state index contributed by atoms with van der Waals surface area (Å²) in [6.45, 7) is 3.99. The summed E-state index contributed by atoms with van der Waals surface area (Å²) in [5.74, 6) is 0.680. The fourth-order valence-corrected chi connectivity index (χ4v) is 3.49. The van der Waals surface area contributed by atoms with Crippen molar-refractivity contribution < 1.29 is 4.42 Å². The Morgan fingerprint density at radius 2 is 2.20 bits per heavy atom. The molecule has 0 aliphatic carbocycles. The van der Waals surface area contributed by atoms with Gasteiger partial charge >= 0.3 is 5.63 Å². The fraction of sp³-hybridized carbons (Fsp3) is 0.214. The number of aryl methyl sites for hydroxylation is 2. The second-order valence-electron chi connectivity index (χ2n) is 4.47. The van der Waals surface area contributed by atoms with Crippen LogP contribution in [0.5, 0.6) is 0 Å². The first-order valence-electron chi connectivity index (χ1n) is 6.07. The van der Waals surface area contributed by atoms with Crippen molar-refractivity contribution >= 4 is 34.1 Å². The van der Waals surface area contributed by atoms with Crippen molar-refractivity contribution in [2.24, 2.45) is 0 Å². The average Bonchev–Trinajstić information content (AvgIpc) is 2.94. The minimum Gasteiger partial charge on any atom is -0.422 e. The molecule has 2 heterocycles. The first-order chi connectivity index (χ1) is 9.65. The lowest BCUT2D eigenvalue weighted by atomic mass is 10.0. The van der Waals surface area contributed by atoms with Crippen molar-refractivity contribution in [3.8, 4) is 0 Å². The van der Waals surface area contributed by atoms with Gasteiger partial charge < -0.3 is 4.42 Å². The van der Waals surface area contributed by atoms with Crippen LogP contribution in [0.25, 0.3) is 11.0 Å². The van der Waals surface area contributed by atoms with E-state index in [1.54, 1.807) is 23.3 Å². The molecule has 4 nitrogen and oxygen atoms in total. The lowest BCUT2D eigenvalue weighted by Gasteiger charge is -2.08. The molecule has 3 aromatic rings. The molecule has 0 amide bonds. The highest BCUT2D eigenvalue weighted by molar-refractivity contribution is 8.00. The van der Waals surface area contributed by atoms with Crippen molar-refractivity contribution in [3.05, 3.63) is 50.8 Å².